The van der Waals surface area contributed by atoms with Gasteiger partial charge in [0.05, 0.1) is 17.3 Å². The molecule has 1 aromatic heterocycles. The Kier molecular flexibility index (Phi) is 3.91. The van der Waals surface area contributed by atoms with Crippen molar-refractivity contribution in [3.8, 4) is 0 Å². The fraction of sp³-hybridized carbons (Fsp3) is 0.545. The molecule has 1 aliphatic rings. The maximum Gasteiger partial charge on any atom is 0.253 e. The van der Waals surface area contributed by atoms with E-state index in [1.165, 1.54) is 0 Å². The third-order valence-electron chi connectivity index (χ3n) is 2.34. The third kappa shape index (κ3) is 2.21. The lowest BCUT2D eigenvalue weighted by Crippen LogP contribution is -2.22. The SMILES string of the molecule is CC.Cc1cc2c([nH]1)C(CCN)NC2=O. The molecule has 1 unspecified atom stereocenters. The van der Waals surface area contributed by atoms with Gasteiger partial charge in [0.15, 0.2) is 0 Å². The molecule has 0 radical (unpaired) electrons. The summed E-state index contributed by atoms with van der Waals surface area (Å²) < 4.78 is 0. The van der Waals surface area contributed by atoms with Crippen LogP contribution in [0.1, 0.15) is 48.1 Å². The molecule has 0 saturated heterocycles. The van der Waals surface area contributed by atoms with Gasteiger partial charge in [0, 0.05) is 5.69 Å². The Balaban J connectivity index is 0.000000531. The number of rotatable bonds is 2. The Morgan fingerprint density at radius 2 is 2.13 bits per heavy atom. The molecule has 1 aliphatic heterocycles. The van der Waals surface area contributed by atoms with Crippen LogP contribution in [-0.4, -0.2) is 17.4 Å². The smallest absolute Gasteiger partial charge is 0.253 e. The van der Waals surface area contributed by atoms with Gasteiger partial charge in [-0.2, -0.15) is 0 Å². The van der Waals surface area contributed by atoms with E-state index in [0.717, 1.165) is 23.4 Å². The second-order valence-corrected chi connectivity index (χ2v) is 3.38. The third-order valence-corrected chi connectivity index (χ3v) is 2.34. The van der Waals surface area contributed by atoms with Crippen LogP contribution < -0.4 is 11.1 Å². The summed E-state index contributed by atoms with van der Waals surface area (Å²) in [7, 11) is 0. The predicted octanol–water partition coefficient (Wildman–Crippen LogP) is 1.48. The lowest BCUT2D eigenvalue weighted by atomic mass is 10.1. The summed E-state index contributed by atoms with van der Waals surface area (Å²) in [4.78, 5) is 14.6. The van der Waals surface area contributed by atoms with Gasteiger partial charge in [0.25, 0.3) is 5.91 Å². The lowest BCUT2D eigenvalue weighted by molar-refractivity contribution is 0.0955. The van der Waals surface area contributed by atoms with E-state index in [4.69, 9.17) is 5.73 Å². The highest BCUT2D eigenvalue weighted by Crippen LogP contribution is 2.26. The van der Waals surface area contributed by atoms with Crippen molar-refractivity contribution in [3.05, 3.63) is 23.0 Å². The summed E-state index contributed by atoms with van der Waals surface area (Å²) in [5, 5.41) is 2.88. The molecular formula is C11H19N3O. The van der Waals surface area contributed by atoms with E-state index in [1.54, 1.807) is 0 Å². The highest BCUT2D eigenvalue weighted by molar-refractivity contribution is 5.98. The second kappa shape index (κ2) is 4.98. The average molecular weight is 209 g/mol. The molecule has 84 valence electrons. The van der Waals surface area contributed by atoms with Gasteiger partial charge in [-0.15, -0.1) is 0 Å². The van der Waals surface area contributed by atoms with Crippen LogP contribution in [0.2, 0.25) is 0 Å². The van der Waals surface area contributed by atoms with Crippen molar-refractivity contribution in [2.75, 3.05) is 6.54 Å². The first-order valence-corrected chi connectivity index (χ1v) is 5.43. The molecule has 0 fully saturated rings. The van der Waals surface area contributed by atoms with Crippen LogP contribution in [0.5, 0.6) is 0 Å². The zero-order valence-corrected chi connectivity index (χ0v) is 9.55. The molecule has 15 heavy (non-hydrogen) atoms. The fourth-order valence-electron chi connectivity index (χ4n) is 1.76. The van der Waals surface area contributed by atoms with Crippen LogP contribution in [0.4, 0.5) is 0 Å². The fourth-order valence-corrected chi connectivity index (χ4v) is 1.76. The number of hydrogen-bond donors (Lipinski definition) is 3. The van der Waals surface area contributed by atoms with Crippen LogP contribution in [0.15, 0.2) is 6.07 Å². The molecule has 0 saturated carbocycles. The normalized spacial score (nSPS) is 17.9. The molecule has 4 nitrogen and oxygen atoms in total. The number of aryl methyl sites for hydroxylation is 1. The molecule has 2 heterocycles. The molecule has 1 amide bonds. The Bertz CT molecular complexity index is 344. The zero-order valence-electron chi connectivity index (χ0n) is 9.55. The average Bonchev–Trinajstić information content (AvgIpc) is 2.73. The minimum absolute atomic E-state index is 0.0119. The largest absolute Gasteiger partial charge is 0.360 e. The van der Waals surface area contributed by atoms with E-state index in [0.29, 0.717) is 6.54 Å². The Morgan fingerprint density at radius 3 is 2.73 bits per heavy atom. The number of amides is 1. The van der Waals surface area contributed by atoms with Crippen molar-refractivity contribution in [3.63, 3.8) is 0 Å². The Labute approximate surface area is 90.2 Å². The maximum absolute atomic E-state index is 11.4. The van der Waals surface area contributed by atoms with E-state index < -0.39 is 0 Å². The minimum atomic E-state index is 0.0119. The van der Waals surface area contributed by atoms with Crippen molar-refractivity contribution in [2.45, 2.75) is 33.2 Å². The van der Waals surface area contributed by atoms with E-state index in [1.807, 2.05) is 26.8 Å². The summed E-state index contributed by atoms with van der Waals surface area (Å²) >= 11 is 0. The van der Waals surface area contributed by atoms with Crippen LogP contribution in [0.25, 0.3) is 0 Å². The number of aromatic amines is 1. The molecule has 0 aromatic carbocycles. The van der Waals surface area contributed by atoms with Crippen LogP contribution in [-0.2, 0) is 0 Å². The van der Waals surface area contributed by atoms with Crippen LogP contribution >= 0.6 is 0 Å². The van der Waals surface area contributed by atoms with Gasteiger partial charge in [-0.25, -0.2) is 0 Å². The van der Waals surface area contributed by atoms with Gasteiger partial charge in [-0.05, 0) is 26.0 Å². The summed E-state index contributed by atoms with van der Waals surface area (Å²) in [6.45, 7) is 6.54. The lowest BCUT2D eigenvalue weighted by Gasteiger charge is -2.08. The van der Waals surface area contributed by atoms with E-state index in [9.17, 15) is 4.79 Å². The molecule has 4 N–H and O–H groups in total. The molecule has 0 aliphatic carbocycles. The van der Waals surface area contributed by atoms with Crippen molar-refractivity contribution >= 4 is 5.91 Å². The quantitative estimate of drug-likeness (QED) is 0.690. The summed E-state index contributed by atoms with van der Waals surface area (Å²) in [5.74, 6) is 0.0119. The first-order valence-electron chi connectivity index (χ1n) is 5.43. The Morgan fingerprint density at radius 1 is 1.47 bits per heavy atom. The van der Waals surface area contributed by atoms with Crippen molar-refractivity contribution in [1.82, 2.24) is 10.3 Å². The second-order valence-electron chi connectivity index (χ2n) is 3.38. The summed E-state index contributed by atoms with van der Waals surface area (Å²) in [5.41, 5.74) is 8.25. The van der Waals surface area contributed by atoms with Crippen LogP contribution in [0, 0.1) is 6.92 Å². The topological polar surface area (TPSA) is 70.9 Å². The number of aromatic nitrogens is 1. The van der Waals surface area contributed by atoms with Gasteiger partial charge in [-0.1, -0.05) is 13.8 Å². The molecule has 1 atom stereocenters. The summed E-state index contributed by atoms with van der Waals surface area (Å²) in [6, 6.07) is 1.96. The zero-order chi connectivity index (χ0) is 11.4. The standard InChI is InChI=1S/C9H13N3O.C2H6/c1-5-4-6-8(11-5)7(2-3-10)12-9(6)13;1-2/h4,7,11H,2-3,10H2,1H3,(H,12,13);1-2H3. The van der Waals surface area contributed by atoms with Gasteiger partial charge >= 0.3 is 0 Å². The highest BCUT2D eigenvalue weighted by atomic mass is 16.2. The van der Waals surface area contributed by atoms with E-state index >= 15 is 0 Å². The highest BCUT2D eigenvalue weighted by Gasteiger charge is 2.29. The number of carbonyl (C=O) groups excluding carboxylic acids is 1. The number of nitrogens with one attached hydrogen (secondary N) is 2. The number of fused-ring (bicyclic) bond motifs is 1. The van der Waals surface area contributed by atoms with Crippen molar-refractivity contribution < 1.29 is 4.79 Å². The first-order chi connectivity index (χ1) is 7.22. The monoisotopic (exact) mass is 209 g/mol. The van der Waals surface area contributed by atoms with E-state index in [-0.39, 0.29) is 11.9 Å². The predicted molar refractivity (Wildman–Crippen MR) is 60.8 cm³/mol. The van der Waals surface area contributed by atoms with Gasteiger partial charge in [0.2, 0.25) is 0 Å². The molecule has 0 spiro atoms. The van der Waals surface area contributed by atoms with Gasteiger partial charge < -0.3 is 16.0 Å². The molecule has 0 bridgehead atoms. The number of carbonyl (C=O) groups is 1. The molecule has 2 rings (SSSR count). The first kappa shape index (κ1) is 11.8. The number of hydrogen-bond acceptors (Lipinski definition) is 2. The summed E-state index contributed by atoms with van der Waals surface area (Å²) in [6.07, 6.45) is 0.790. The van der Waals surface area contributed by atoms with Crippen LogP contribution in [0.3, 0.4) is 0 Å². The van der Waals surface area contributed by atoms with Gasteiger partial charge in [-0.3, -0.25) is 4.79 Å². The molecule has 1 aromatic rings. The maximum atomic E-state index is 11.4. The van der Waals surface area contributed by atoms with Gasteiger partial charge in [0.1, 0.15) is 0 Å². The minimum Gasteiger partial charge on any atom is -0.360 e. The van der Waals surface area contributed by atoms with E-state index in [2.05, 4.69) is 10.3 Å². The number of nitrogens with two attached hydrogens (primary N) is 1. The molecule has 4 heteroatoms. The Hall–Kier alpha value is -1.29. The van der Waals surface area contributed by atoms with Crippen molar-refractivity contribution in [1.29, 1.82) is 0 Å². The van der Waals surface area contributed by atoms with Crippen molar-refractivity contribution in [2.24, 2.45) is 5.73 Å². The number of H-pyrrole nitrogens is 1. The molecular weight excluding hydrogens is 190 g/mol.